The summed E-state index contributed by atoms with van der Waals surface area (Å²) in [5.41, 5.74) is 7.33. The van der Waals surface area contributed by atoms with Crippen LogP contribution in [0.4, 0.5) is 5.69 Å². The van der Waals surface area contributed by atoms with Crippen molar-refractivity contribution in [3.8, 4) is 0 Å². The lowest BCUT2D eigenvalue weighted by Gasteiger charge is -2.22. The van der Waals surface area contributed by atoms with Crippen molar-refractivity contribution >= 4 is 34.5 Å². The fourth-order valence-electron chi connectivity index (χ4n) is 2.45. The average Bonchev–Trinajstić information content (AvgIpc) is 2.84. The molecule has 0 aromatic heterocycles. The molecule has 0 radical (unpaired) electrons. The van der Waals surface area contributed by atoms with Crippen molar-refractivity contribution in [3.63, 3.8) is 0 Å². The molecule has 0 aliphatic carbocycles. The minimum atomic E-state index is 0.367. The number of benzene rings is 1. The molecule has 1 heterocycles. The first-order valence-electron chi connectivity index (χ1n) is 6.64. The number of thiocarbonyl (C=S) groups is 1. The van der Waals surface area contributed by atoms with Crippen LogP contribution in [0, 0.1) is 0 Å². The molecule has 1 fully saturated rings. The number of rotatable bonds is 5. The van der Waals surface area contributed by atoms with Crippen LogP contribution in [0.2, 0.25) is 5.02 Å². The molecule has 0 amide bonds. The third kappa shape index (κ3) is 4.06. The quantitative estimate of drug-likeness (QED) is 0.820. The van der Waals surface area contributed by atoms with Crippen LogP contribution in [-0.4, -0.2) is 35.6 Å². The van der Waals surface area contributed by atoms with E-state index in [2.05, 4.69) is 17.1 Å². The van der Waals surface area contributed by atoms with Crippen LogP contribution in [0.25, 0.3) is 0 Å². The van der Waals surface area contributed by atoms with Crippen molar-refractivity contribution in [2.75, 3.05) is 25.0 Å². The topological polar surface area (TPSA) is 41.3 Å². The van der Waals surface area contributed by atoms with Gasteiger partial charge in [-0.3, -0.25) is 0 Å². The zero-order valence-corrected chi connectivity index (χ0v) is 12.7. The minimum absolute atomic E-state index is 0.367. The van der Waals surface area contributed by atoms with Gasteiger partial charge in [0.1, 0.15) is 4.99 Å². The summed E-state index contributed by atoms with van der Waals surface area (Å²) in [6.45, 7) is 5.64. The average molecular weight is 298 g/mol. The summed E-state index contributed by atoms with van der Waals surface area (Å²) in [6, 6.07) is 6.02. The van der Waals surface area contributed by atoms with E-state index in [0.717, 1.165) is 17.8 Å². The van der Waals surface area contributed by atoms with Gasteiger partial charge in [0.25, 0.3) is 0 Å². The fourth-order valence-corrected chi connectivity index (χ4v) is 2.81. The molecule has 1 saturated heterocycles. The number of nitrogens with one attached hydrogen (secondary N) is 1. The van der Waals surface area contributed by atoms with Gasteiger partial charge in [0.05, 0.1) is 10.7 Å². The van der Waals surface area contributed by atoms with Crippen molar-refractivity contribution in [1.82, 2.24) is 4.90 Å². The standard InChI is InChI=1S/C14H20ClN3S/c1-10(9-18-6-2-3-7-18)17-13-5-4-11(14(16)19)8-12(13)15/h4-5,8,10,17H,2-3,6-7,9H2,1H3,(H2,16,19). The maximum Gasteiger partial charge on any atom is 0.104 e. The van der Waals surface area contributed by atoms with Crippen LogP contribution in [0.15, 0.2) is 18.2 Å². The molecule has 1 unspecified atom stereocenters. The van der Waals surface area contributed by atoms with Gasteiger partial charge in [0.2, 0.25) is 0 Å². The highest BCUT2D eigenvalue weighted by atomic mass is 35.5. The zero-order chi connectivity index (χ0) is 13.8. The van der Waals surface area contributed by atoms with Gasteiger partial charge in [-0.15, -0.1) is 0 Å². The van der Waals surface area contributed by atoms with Gasteiger partial charge in [-0.2, -0.15) is 0 Å². The molecule has 1 aliphatic rings. The van der Waals surface area contributed by atoms with E-state index >= 15 is 0 Å². The first kappa shape index (κ1) is 14.6. The molecule has 3 nitrogen and oxygen atoms in total. The maximum absolute atomic E-state index is 6.24. The van der Waals surface area contributed by atoms with Crippen molar-refractivity contribution in [2.45, 2.75) is 25.8 Å². The Balaban J connectivity index is 1.96. The Kier molecular flexibility index (Phi) is 5.02. The Morgan fingerprint density at radius 1 is 1.47 bits per heavy atom. The van der Waals surface area contributed by atoms with Crippen LogP contribution in [-0.2, 0) is 0 Å². The van der Waals surface area contributed by atoms with E-state index in [9.17, 15) is 0 Å². The highest BCUT2D eigenvalue weighted by molar-refractivity contribution is 7.80. The molecule has 0 bridgehead atoms. The van der Waals surface area contributed by atoms with E-state index in [-0.39, 0.29) is 0 Å². The normalized spacial score (nSPS) is 17.4. The van der Waals surface area contributed by atoms with Gasteiger partial charge < -0.3 is 16.0 Å². The first-order valence-corrected chi connectivity index (χ1v) is 7.43. The Bertz CT molecular complexity index is 458. The van der Waals surface area contributed by atoms with Crippen molar-refractivity contribution in [3.05, 3.63) is 28.8 Å². The lowest BCUT2D eigenvalue weighted by atomic mass is 10.2. The summed E-state index contributed by atoms with van der Waals surface area (Å²) in [5.74, 6) is 0. The van der Waals surface area contributed by atoms with Crippen LogP contribution in [0.1, 0.15) is 25.3 Å². The fraction of sp³-hybridized carbons (Fsp3) is 0.500. The van der Waals surface area contributed by atoms with E-state index in [0.29, 0.717) is 16.1 Å². The van der Waals surface area contributed by atoms with Gasteiger partial charge in [-0.05, 0) is 51.1 Å². The van der Waals surface area contributed by atoms with E-state index in [4.69, 9.17) is 29.6 Å². The van der Waals surface area contributed by atoms with Crippen molar-refractivity contribution in [1.29, 1.82) is 0 Å². The van der Waals surface area contributed by atoms with Crippen LogP contribution in [0.5, 0.6) is 0 Å². The Hall–Kier alpha value is -0.840. The monoisotopic (exact) mass is 297 g/mol. The highest BCUT2D eigenvalue weighted by Crippen LogP contribution is 2.24. The van der Waals surface area contributed by atoms with Gasteiger partial charge in [-0.25, -0.2) is 0 Å². The van der Waals surface area contributed by atoms with Crippen molar-refractivity contribution in [2.24, 2.45) is 5.73 Å². The van der Waals surface area contributed by atoms with Gasteiger partial charge >= 0.3 is 0 Å². The van der Waals surface area contributed by atoms with Crippen LogP contribution >= 0.6 is 23.8 Å². The number of anilines is 1. The number of likely N-dealkylation sites (tertiary alicyclic amines) is 1. The third-order valence-corrected chi connectivity index (χ3v) is 3.93. The summed E-state index contributed by atoms with van der Waals surface area (Å²) in [6.07, 6.45) is 2.63. The molecule has 2 rings (SSSR count). The number of halogens is 1. The van der Waals surface area contributed by atoms with E-state index in [1.165, 1.54) is 25.9 Å². The molecule has 1 atom stereocenters. The number of hydrogen-bond donors (Lipinski definition) is 2. The van der Waals surface area contributed by atoms with Crippen LogP contribution in [0.3, 0.4) is 0 Å². The SMILES string of the molecule is CC(CN1CCCC1)Nc1ccc(C(N)=S)cc1Cl. The second kappa shape index (κ2) is 6.55. The van der Waals surface area contributed by atoms with Gasteiger partial charge in [0, 0.05) is 18.2 Å². The summed E-state index contributed by atoms with van der Waals surface area (Å²) in [5, 5.41) is 4.11. The van der Waals surface area contributed by atoms with Gasteiger partial charge in [-0.1, -0.05) is 23.8 Å². The molecule has 1 aromatic carbocycles. The molecular weight excluding hydrogens is 278 g/mol. The van der Waals surface area contributed by atoms with Gasteiger partial charge in [0.15, 0.2) is 0 Å². The molecule has 3 N–H and O–H groups in total. The summed E-state index contributed by atoms with van der Waals surface area (Å²) in [4.78, 5) is 2.85. The maximum atomic E-state index is 6.24. The largest absolute Gasteiger partial charge is 0.389 e. The summed E-state index contributed by atoms with van der Waals surface area (Å²) in [7, 11) is 0. The van der Waals surface area contributed by atoms with Crippen LogP contribution < -0.4 is 11.1 Å². The third-order valence-electron chi connectivity index (χ3n) is 3.39. The molecule has 19 heavy (non-hydrogen) atoms. The predicted octanol–water partition coefficient (Wildman–Crippen LogP) is 2.87. The van der Waals surface area contributed by atoms with E-state index in [1.54, 1.807) is 0 Å². The summed E-state index contributed by atoms with van der Waals surface area (Å²) < 4.78 is 0. The molecule has 104 valence electrons. The molecule has 1 aromatic rings. The smallest absolute Gasteiger partial charge is 0.104 e. The number of hydrogen-bond acceptors (Lipinski definition) is 3. The lowest BCUT2D eigenvalue weighted by Crippen LogP contribution is -2.33. The molecule has 5 heteroatoms. The Morgan fingerprint density at radius 2 is 2.16 bits per heavy atom. The molecule has 0 saturated carbocycles. The zero-order valence-electron chi connectivity index (χ0n) is 11.2. The first-order chi connectivity index (χ1) is 9.06. The highest BCUT2D eigenvalue weighted by Gasteiger charge is 2.15. The number of nitrogens with zero attached hydrogens (tertiary/aromatic N) is 1. The Labute approximate surface area is 125 Å². The molecule has 0 spiro atoms. The number of nitrogens with two attached hydrogens (primary N) is 1. The van der Waals surface area contributed by atoms with E-state index < -0.39 is 0 Å². The molecule has 1 aliphatic heterocycles. The van der Waals surface area contributed by atoms with Crippen molar-refractivity contribution < 1.29 is 0 Å². The minimum Gasteiger partial charge on any atom is -0.389 e. The molecular formula is C14H20ClN3S. The van der Waals surface area contributed by atoms with E-state index in [1.807, 2.05) is 18.2 Å². The Morgan fingerprint density at radius 3 is 2.74 bits per heavy atom. The predicted molar refractivity (Wildman–Crippen MR) is 86.1 cm³/mol. The lowest BCUT2D eigenvalue weighted by molar-refractivity contribution is 0.328. The second-order valence-corrected chi connectivity index (χ2v) is 5.96. The summed E-state index contributed by atoms with van der Waals surface area (Å²) >= 11 is 11.2. The second-order valence-electron chi connectivity index (χ2n) is 5.11.